The number of nitrogens with one attached hydrogen (secondary N) is 1. The Bertz CT molecular complexity index is 300. The maximum Gasteiger partial charge on any atom is 0.224 e. The fourth-order valence-electron chi connectivity index (χ4n) is 0.875. The molecule has 0 aliphatic heterocycles. The van der Waals surface area contributed by atoms with Crippen molar-refractivity contribution in [3.8, 4) is 0 Å². The van der Waals surface area contributed by atoms with Crippen LogP contribution in [0.25, 0.3) is 0 Å². The summed E-state index contributed by atoms with van der Waals surface area (Å²) in [5.41, 5.74) is 5.97. The number of hydrogen-bond donors (Lipinski definition) is 2. The van der Waals surface area contributed by atoms with E-state index in [1.165, 1.54) is 12.5 Å². The SMILES string of the molecule is CCCC(=O)Nc1cncnc1N. The Kier molecular flexibility index (Phi) is 3.19. The number of nitrogen functional groups attached to an aromatic ring is 1. The number of nitrogens with two attached hydrogens (primary N) is 1. The highest BCUT2D eigenvalue weighted by Crippen LogP contribution is 2.12. The maximum atomic E-state index is 11.1. The Labute approximate surface area is 76.4 Å². The zero-order chi connectivity index (χ0) is 9.68. The average molecular weight is 180 g/mol. The topological polar surface area (TPSA) is 80.9 Å². The molecule has 5 nitrogen and oxygen atoms in total. The van der Waals surface area contributed by atoms with Crippen LogP contribution in [0.5, 0.6) is 0 Å². The number of rotatable bonds is 3. The monoisotopic (exact) mass is 180 g/mol. The Hall–Kier alpha value is -1.65. The second-order valence-electron chi connectivity index (χ2n) is 2.62. The normalized spacial score (nSPS) is 9.62. The van der Waals surface area contributed by atoms with E-state index in [0.29, 0.717) is 17.9 Å². The molecule has 0 spiro atoms. The van der Waals surface area contributed by atoms with E-state index in [9.17, 15) is 4.79 Å². The predicted molar refractivity (Wildman–Crippen MR) is 50.0 cm³/mol. The van der Waals surface area contributed by atoms with Crippen LogP contribution in [0.1, 0.15) is 19.8 Å². The van der Waals surface area contributed by atoms with Crippen molar-refractivity contribution in [2.75, 3.05) is 11.1 Å². The largest absolute Gasteiger partial charge is 0.382 e. The molecule has 0 aliphatic rings. The van der Waals surface area contributed by atoms with Gasteiger partial charge in [-0.1, -0.05) is 6.92 Å². The number of aromatic nitrogens is 2. The average Bonchev–Trinajstić information content (AvgIpc) is 2.09. The van der Waals surface area contributed by atoms with Crippen molar-refractivity contribution in [3.05, 3.63) is 12.5 Å². The maximum absolute atomic E-state index is 11.1. The molecule has 0 aromatic carbocycles. The number of amides is 1. The van der Waals surface area contributed by atoms with Gasteiger partial charge in [-0.3, -0.25) is 4.79 Å². The molecule has 0 atom stereocenters. The van der Waals surface area contributed by atoms with Gasteiger partial charge in [0.2, 0.25) is 5.91 Å². The van der Waals surface area contributed by atoms with Gasteiger partial charge in [0.25, 0.3) is 0 Å². The fourth-order valence-corrected chi connectivity index (χ4v) is 0.875. The highest BCUT2D eigenvalue weighted by atomic mass is 16.1. The van der Waals surface area contributed by atoms with E-state index in [2.05, 4.69) is 15.3 Å². The van der Waals surface area contributed by atoms with Gasteiger partial charge < -0.3 is 11.1 Å². The van der Waals surface area contributed by atoms with Crippen LogP contribution < -0.4 is 11.1 Å². The second kappa shape index (κ2) is 4.39. The molecule has 1 amide bonds. The molecule has 0 unspecified atom stereocenters. The van der Waals surface area contributed by atoms with Gasteiger partial charge in [0, 0.05) is 6.42 Å². The first-order valence-electron chi connectivity index (χ1n) is 4.09. The van der Waals surface area contributed by atoms with Crippen molar-refractivity contribution in [1.29, 1.82) is 0 Å². The van der Waals surface area contributed by atoms with Gasteiger partial charge in [-0.15, -0.1) is 0 Å². The number of nitrogens with zero attached hydrogens (tertiary/aromatic N) is 2. The summed E-state index contributed by atoms with van der Waals surface area (Å²) in [5.74, 6) is 0.225. The number of hydrogen-bond acceptors (Lipinski definition) is 4. The first-order chi connectivity index (χ1) is 6.24. The van der Waals surface area contributed by atoms with Crippen LogP contribution in [0.2, 0.25) is 0 Å². The van der Waals surface area contributed by atoms with Gasteiger partial charge in [-0.2, -0.15) is 0 Å². The highest BCUT2D eigenvalue weighted by molar-refractivity contribution is 5.92. The van der Waals surface area contributed by atoms with Crippen LogP contribution in [-0.2, 0) is 4.79 Å². The second-order valence-corrected chi connectivity index (χ2v) is 2.62. The van der Waals surface area contributed by atoms with E-state index in [4.69, 9.17) is 5.73 Å². The lowest BCUT2D eigenvalue weighted by Crippen LogP contribution is -2.12. The van der Waals surface area contributed by atoms with E-state index < -0.39 is 0 Å². The minimum absolute atomic E-state index is 0.0657. The Morgan fingerprint density at radius 1 is 1.69 bits per heavy atom. The summed E-state index contributed by atoms with van der Waals surface area (Å²) in [6, 6.07) is 0. The Morgan fingerprint density at radius 3 is 3.08 bits per heavy atom. The summed E-state index contributed by atoms with van der Waals surface area (Å²) in [7, 11) is 0. The summed E-state index contributed by atoms with van der Waals surface area (Å²) in [6.07, 6.45) is 4.11. The molecule has 0 radical (unpaired) electrons. The summed E-state index contributed by atoms with van der Waals surface area (Å²) in [5, 5.41) is 2.62. The first-order valence-corrected chi connectivity index (χ1v) is 4.09. The summed E-state index contributed by atoms with van der Waals surface area (Å²) < 4.78 is 0. The molecule has 1 aromatic heterocycles. The van der Waals surface area contributed by atoms with Crippen LogP contribution in [0.4, 0.5) is 11.5 Å². The molecule has 0 saturated carbocycles. The van der Waals surface area contributed by atoms with Crippen LogP contribution in [0, 0.1) is 0 Å². The minimum atomic E-state index is -0.0657. The third kappa shape index (κ3) is 2.70. The van der Waals surface area contributed by atoms with Gasteiger partial charge in [-0.25, -0.2) is 9.97 Å². The molecular formula is C8H12N4O. The molecule has 1 heterocycles. The Balaban J connectivity index is 2.63. The molecule has 1 aromatic rings. The van der Waals surface area contributed by atoms with Crippen LogP contribution in [0.3, 0.4) is 0 Å². The van der Waals surface area contributed by atoms with Crippen molar-refractivity contribution in [3.63, 3.8) is 0 Å². The molecule has 0 saturated heterocycles. The molecule has 13 heavy (non-hydrogen) atoms. The van der Waals surface area contributed by atoms with Crippen molar-refractivity contribution in [2.45, 2.75) is 19.8 Å². The first kappa shape index (κ1) is 9.44. The summed E-state index contributed by atoms with van der Waals surface area (Å²) >= 11 is 0. The van der Waals surface area contributed by atoms with E-state index in [0.717, 1.165) is 6.42 Å². The van der Waals surface area contributed by atoms with Crippen molar-refractivity contribution < 1.29 is 4.79 Å². The summed E-state index contributed by atoms with van der Waals surface area (Å²) in [6.45, 7) is 1.93. The molecule has 1 rings (SSSR count). The van der Waals surface area contributed by atoms with Crippen LogP contribution >= 0.6 is 0 Å². The van der Waals surface area contributed by atoms with E-state index in [1.54, 1.807) is 0 Å². The molecule has 0 bridgehead atoms. The molecule has 0 fully saturated rings. The van der Waals surface area contributed by atoms with Gasteiger partial charge in [0.15, 0.2) is 5.82 Å². The molecule has 70 valence electrons. The number of carbonyl (C=O) groups is 1. The lowest BCUT2D eigenvalue weighted by atomic mass is 10.3. The highest BCUT2D eigenvalue weighted by Gasteiger charge is 2.03. The van der Waals surface area contributed by atoms with Crippen LogP contribution in [0.15, 0.2) is 12.5 Å². The van der Waals surface area contributed by atoms with Gasteiger partial charge in [0.05, 0.1) is 6.20 Å². The van der Waals surface area contributed by atoms with Crippen molar-refractivity contribution in [1.82, 2.24) is 9.97 Å². The fraction of sp³-hybridized carbons (Fsp3) is 0.375. The van der Waals surface area contributed by atoms with Crippen LogP contribution in [-0.4, -0.2) is 15.9 Å². The van der Waals surface area contributed by atoms with E-state index >= 15 is 0 Å². The van der Waals surface area contributed by atoms with Gasteiger partial charge in [0.1, 0.15) is 12.0 Å². The summed E-state index contributed by atoms with van der Waals surface area (Å²) in [4.78, 5) is 18.6. The molecule has 5 heteroatoms. The van der Waals surface area contributed by atoms with Crippen molar-refractivity contribution >= 4 is 17.4 Å². The molecule has 3 N–H and O–H groups in total. The third-order valence-electron chi connectivity index (χ3n) is 1.49. The van der Waals surface area contributed by atoms with Gasteiger partial charge in [-0.05, 0) is 6.42 Å². The van der Waals surface area contributed by atoms with Gasteiger partial charge >= 0.3 is 0 Å². The Morgan fingerprint density at radius 2 is 2.46 bits per heavy atom. The smallest absolute Gasteiger partial charge is 0.224 e. The number of anilines is 2. The minimum Gasteiger partial charge on any atom is -0.382 e. The third-order valence-corrected chi connectivity index (χ3v) is 1.49. The molecule has 0 aliphatic carbocycles. The lowest BCUT2D eigenvalue weighted by Gasteiger charge is -2.04. The zero-order valence-corrected chi connectivity index (χ0v) is 7.45. The number of carbonyl (C=O) groups excluding carboxylic acids is 1. The zero-order valence-electron chi connectivity index (χ0n) is 7.45. The van der Waals surface area contributed by atoms with Crippen molar-refractivity contribution in [2.24, 2.45) is 0 Å². The quantitative estimate of drug-likeness (QED) is 0.720. The lowest BCUT2D eigenvalue weighted by molar-refractivity contribution is -0.116. The standard InChI is InChI=1S/C8H12N4O/c1-2-3-7(13)12-6-4-10-5-11-8(6)9/h4-5H,2-3H2,1H3,(H,12,13)(H2,9,10,11). The predicted octanol–water partition coefficient (Wildman–Crippen LogP) is 0.797. The van der Waals surface area contributed by atoms with E-state index in [-0.39, 0.29) is 5.91 Å². The molecular weight excluding hydrogens is 168 g/mol. The van der Waals surface area contributed by atoms with E-state index in [1.807, 2.05) is 6.92 Å².